The van der Waals surface area contributed by atoms with E-state index in [0.717, 1.165) is 48.3 Å². The van der Waals surface area contributed by atoms with E-state index in [4.69, 9.17) is 10.5 Å². The molecule has 1 aliphatic rings. The number of hydrogen-bond acceptors (Lipinski definition) is 4. The highest BCUT2D eigenvalue weighted by atomic mass is 79.9. The molecule has 1 unspecified atom stereocenters. The van der Waals surface area contributed by atoms with Crippen molar-refractivity contribution in [2.75, 3.05) is 33.3 Å². The van der Waals surface area contributed by atoms with Gasteiger partial charge < -0.3 is 15.8 Å². The molecule has 0 radical (unpaired) electrons. The van der Waals surface area contributed by atoms with E-state index in [1.807, 2.05) is 12.1 Å². The molecule has 0 spiro atoms. The molecule has 1 aromatic carbocycles. The Labute approximate surface area is 140 Å². The summed E-state index contributed by atoms with van der Waals surface area (Å²) in [5.41, 5.74) is 6.58. The van der Waals surface area contributed by atoms with Gasteiger partial charge in [-0.1, -0.05) is 15.9 Å². The van der Waals surface area contributed by atoms with E-state index in [1.165, 1.54) is 0 Å². The standard InChI is InChI=1S/C16H24BrN3O2/c1-22-15-5-4-14(17)9-13(15)11-20-8-2-3-12(10-20)16(21)19-7-6-18/h4-5,9,12H,2-3,6-8,10-11,18H2,1H3,(H,19,21). The minimum absolute atomic E-state index is 0.0541. The number of ether oxygens (including phenoxy) is 1. The van der Waals surface area contributed by atoms with Gasteiger partial charge in [0.1, 0.15) is 5.75 Å². The maximum absolute atomic E-state index is 12.1. The Balaban J connectivity index is 1.98. The summed E-state index contributed by atoms with van der Waals surface area (Å²) in [4.78, 5) is 14.4. The minimum atomic E-state index is 0.0541. The van der Waals surface area contributed by atoms with Gasteiger partial charge in [-0.05, 0) is 37.6 Å². The van der Waals surface area contributed by atoms with Gasteiger partial charge in [0, 0.05) is 36.2 Å². The molecular weight excluding hydrogens is 346 g/mol. The largest absolute Gasteiger partial charge is 0.496 e. The fourth-order valence-corrected chi connectivity index (χ4v) is 3.27. The lowest BCUT2D eigenvalue weighted by Gasteiger charge is -2.32. The Morgan fingerprint density at radius 3 is 3.09 bits per heavy atom. The molecule has 0 bridgehead atoms. The summed E-state index contributed by atoms with van der Waals surface area (Å²) in [6, 6.07) is 6.02. The number of benzene rings is 1. The summed E-state index contributed by atoms with van der Waals surface area (Å²) in [6.45, 7) is 3.62. The van der Waals surface area contributed by atoms with E-state index in [1.54, 1.807) is 7.11 Å². The summed E-state index contributed by atoms with van der Waals surface area (Å²) in [5.74, 6) is 1.06. The fourth-order valence-electron chi connectivity index (χ4n) is 2.86. The van der Waals surface area contributed by atoms with Crippen LogP contribution in [0.3, 0.4) is 0 Å². The number of rotatable bonds is 6. The number of methoxy groups -OCH3 is 1. The lowest BCUT2D eigenvalue weighted by molar-refractivity contribution is -0.126. The van der Waals surface area contributed by atoms with Gasteiger partial charge in [0.25, 0.3) is 0 Å². The molecule has 1 heterocycles. The van der Waals surface area contributed by atoms with Gasteiger partial charge in [0.2, 0.25) is 5.91 Å². The topological polar surface area (TPSA) is 67.6 Å². The summed E-state index contributed by atoms with van der Waals surface area (Å²) < 4.78 is 6.47. The molecule has 6 heteroatoms. The van der Waals surface area contributed by atoms with Crippen LogP contribution in [-0.4, -0.2) is 44.1 Å². The number of likely N-dealkylation sites (tertiary alicyclic amines) is 1. The van der Waals surface area contributed by atoms with Crippen LogP contribution < -0.4 is 15.8 Å². The third-order valence-corrected chi connectivity index (χ3v) is 4.45. The smallest absolute Gasteiger partial charge is 0.224 e. The van der Waals surface area contributed by atoms with Crippen LogP contribution in [0.25, 0.3) is 0 Å². The van der Waals surface area contributed by atoms with E-state index in [2.05, 4.69) is 32.2 Å². The second-order valence-electron chi connectivity index (χ2n) is 5.61. The van der Waals surface area contributed by atoms with Crippen molar-refractivity contribution in [1.82, 2.24) is 10.2 Å². The molecule has 122 valence electrons. The molecule has 1 saturated heterocycles. The van der Waals surface area contributed by atoms with Crippen molar-refractivity contribution in [3.05, 3.63) is 28.2 Å². The number of nitrogens with two attached hydrogens (primary N) is 1. The van der Waals surface area contributed by atoms with Crippen LogP contribution in [0.2, 0.25) is 0 Å². The van der Waals surface area contributed by atoms with E-state index in [-0.39, 0.29) is 11.8 Å². The molecule has 1 amide bonds. The highest BCUT2D eigenvalue weighted by Gasteiger charge is 2.26. The highest BCUT2D eigenvalue weighted by Crippen LogP contribution is 2.26. The Bertz CT molecular complexity index is 510. The Morgan fingerprint density at radius 2 is 2.36 bits per heavy atom. The molecular formula is C16H24BrN3O2. The summed E-state index contributed by atoms with van der Waals surface area (Å²) in [5, 5.41) is 2.90. The van der Waals surface area contributed by atoms with Crippen LogP contribution in [0.5, 0.6) is 5.75 Å². The van der Waals surface area contributed by atoms with Crippen molar-refractivity contribution >= 4 is 21.8 Å². The fraction of sp³-hybridized carbons (Fsp3) is 0.562. The zero-order chi connectivity index (χ0) is 15.9. The van der Waals surface area contributed by atoms with Gasteiger partial charge in [-0.2, -0.15) is 0 Å². The van der Waals surface area contributed by atoms with Crippen molar-refractivity contribution in [3.63, 3.8) is 0 Å². The number of halogens is 1. The van der Waals surface area contributed by atoms with Crippen LogP contribution in [-0.2, 0) is 11.3 Å². The molecule has 22 heavy (non-hydrogen) atoms. The first-order chi connectivity index (χ1) is 10.6. The normalized spacial score (nSPS) is 19.0. The van der Waals surface area contributed by atoms with Crippen LogP contribution in [0.1, 0.15) is 18.4 Å². The maximum atomic E-state index is 12.1. The first-order valence-electron chi connectivity index (χ1n) is 7.66. The average Bonchev–Trinajstić information content (AvgIpc) is 2.53. The SMILES string of the molecule is COc1ccc(Br)cc1CN1CCCC(C(=O)NCCN)C1. The van der Waals surface area contributed by atoms with Gasteiger partial charge in [-0.25, -0.2) is 0 Å². The lowest BCUT2D eigenvalue weighted by Crippen LogP contribution is -2.43. The van der Waals surface area contributed by atoms with Crippen molar-refractivity contribution in [1.29, 1.82) is 0 Å². The molecule has 1 atom stereocenters. The molecule has 0 aromatic heterocycles. The van der Waals surface area contributed by atoms with Crippen molar-refractivity contribution < 1.29 is 9.53 Å². The molecule has 0 aliphatic carbocycles. The number of hydrogen-bond donors (Lipinski definition) is 2. The molecule has 1 fully saturated rings. The predicted molar refractivity (Wildman–Crippen MR) is 90.8 cm³/mol. The zero-order valence-electron chi connectivity index (χ0n) is 13.0. The Morgan fingerprint density at radius 1 is 1.55 bits per heavy atom. The molecule has 5 nitrogen and oxygen atoms in total. The zero-order valence-corrected chi connectivity index (χ0v) is 14.6. The predicted octanol–water partition coefficient (Wildman–Crippen LogP) is 1.74. The number of nitrogens with one attached hydrogen (secondary N) is 1. The van der Waals surface area contributed by atoms with Crippen LogP contribution >= 0.6 is 15.9 Å². The summed E-state index contributed by atoms with van der Waals surface area (Å²) >= 11 is 3.50. The van der Waals surface area contributed by atoms with Crippen LogP contribution in [0.4, 0.5) is 0 Å². The van der Waals surface area contributed by atoms with Gasteiger partial charge in [0.05, 0.1) is 13.0 Å². The quantitative estimate of drug-likeness (QED) is 0.801. The molecule has 1 aliphatic heterocycles. The van der Waals surface area contributed by atoms with E-state index >= 15 is 0 Å². The van der Waals surface area contributed by atoms with Gasteiger partial charge in [-0.15, -0.1) is 0 Å². The number of piperidine rings is 1. The Hall–Kier alpha value is -1.11. The number of amides is 1. The van der Waals surface area contributed by atoms with E-state index < -0.39 is 0 Å². The minimum Gasteiger partial charge on any atom is -0.496 e. The molecule has 0 saturated carbocycles. The van der Waals surface area contributed by atoms with E-state index in [0.29, 0.717) is 13.1 Å². The third kappa shape index (κ3) is 4.69. The van der Waals surface area contributed by atoms with Crippen molar-refractivity contribution in [2.24, 2.45) is 11.7 Å². The Kier molecular flexibility index (Phi) is 6.67. The van der Waals surface area contributed by atoms with Gasteiger partial charge in [-0.3, -0.25) is 9.69 Å². The molecule has 1 aromatic rings. The summed E-state index contributed by atoms with van der Waals surface area (Å²) in [7, 11) is 1.69. The second-order valence-corrected chi connectivity index (χ2v) is 6.53. The van der Waals surface area contributed by atoms with Crippen LogP contribution in [0.15, 0.2) is 22.7 Å². The monoisotopic (exact) mass is 369 g/mol. The summed E-state index contributed by atoms with van der Waals surface area (Å²) in [6.07, 6.45) is 1.99. The lowest BCUT2D eigenvalue weighted by atomic mass is 9.96. The second kappa shape index (κ2) is 8.50. The van der Waals surface area contributed by atoms with E-state index in [9.17, 15) is 4.79 Å². The van der Waals surface area contributed by atoms with Crippen molar-refractivity contribution in [3.8, 4) is 5.75 Å². The maximum Gasteiger partial charge on any atom is 0.224 e. The average molecular weight is 370 g/mol. The number of nitrogens with zero attached hydrogens (tertiary/aromatic N) is 1. The number of carbonyl (C=O) groups excluding carboxylic acids is 1. The highest BCUT2D eigenvalue weighted by molar-refractivity contribution is 9.10. The van der Waals surface area contributed by atoms with Gasteiger partial charge in [0.15, 0.2) is 0 Å². The third-order valence-electron chi connectivity index (χ3n) is 3.96. The molecule has 3 N–H and O–H groups in total. The van der Waals surface area contributed by atoms with Crippen LogP contribution in [0, 0.1) is 5.92 Å². The first-order valence-corrected chi connectivity index (χ1v) is 8.46. The van der Waals surface area contributed by atoms with Gasteiger partial charge >= 0.3 is 0 Å². The first kappa shape index (κ1) is 17.2. The van der Waals surface area contributed by atoms with Crippen molar-refractivity contribution in [2.45, 2.75) is 19.4 Å². The molecule has 2 rings (SSSR count). The number of carbonyl (C=O) groups is 1.